The van der Waals surface area contributed by atoms with Crippen LogP contribution in [0.4, 0.5) is 0 Å². The molecule has 0 atom stereocenters. The lowest BCUT2D eigenvalue weighted by molar-refractivity contribution is 0.0987. The van der Waals surface area contributed by atoms with Crippen LogP contribution in [0.3, 0.4) is 0 Å². The molecule has 0 bridgehead atoms. The Morgan fingerprint density at radius 1 is 1.19 bits per heavy atom. The summed E-state index contributed by atoms with van der Waals surface area (Å²) in [5.74, 6) is 1.70. The van der Waals surface area contributed by atoms with E-state index in [2.05, 4.69) is 4.98 Å². The Hall–Kier alpha value is -2.23. The number of ketones is 1. The first kappa shape index (κ1) is 13.7. The van der Waals surface area contributed by atoms with Gasteiger partial charge in [-0.2, -0.15) is 0 Å². The summed E-state index contributed by atoms with van der Waals surface area (Å²) in [5, 5.41) is 0. The van der Waals surface area contributed by atoms with Crippen molar-refractivity contribution in [3.63, 3.8) is 0 Å². The zero-order valence-corrected chi connectivity index (χ0v) is 12.6. The largest absolute Gasteiger partial charge is 0.486 e. The normalized spacial score (nSPS) is 13.3. The zero-order valence-electron chi connectivity index (χ0n) is 12.6. The fraction of sp³-hybridized carbons (Fsp3) is 0.353. The van der Waals surface area contributed by atoms with Gasteiger partial charge in [-0.05, 0) is 37.6 Å². The molecule has 1 aliphatic heterocycles. The van der Waals surface area contributed by atoms with E-state index in [0.717, 1.165) is 39.6 Å². The van der Waals surface area contributed by atoms with E-state index in [-0.39, 0.29) is 5.78 Å². The van der Waals surface area contributed by atoms with Gasteiger partial charge >= 0.3 is 0 Å². The lowest BCUT2D eigenvalue weighted by atomic mass is 10.0. The van der Waals surface area contributed by atoms with Crippen LogP contribution in [-0.4, -0.2) is 24.0 Å². The molecule has 0 fully saturated rings. The van der Waals surface area contributed by atoms with E-state index in [9.17, 15) is 4.79 Å². The number of aryl methyl sites for hydroxylation is 1. The molecule has 4 nitrogen and oxygen atoms in total. The monoisotopic (exact) mass is 285 g/mol. The molecule has 0 unspecified atom stereocenters. The van der Waals surface area contributed by atoms with Gasteiger partial charge in [-0.15, -0.1) is 0 Å². The maximum atomic E-state index is 12.1. The molecule has 0 aliphatic carbocycles. The third-order valence-electron chi connectivity index (χ3n) is 3.87. The Labute approximate surface area is 124 Å². The van der Waals surface area contributed by atoms with Gasteiger partial charge in [0, 0.05) is 28.9 Å². The van der Waals surface area contributed by atoms with Crippen LogP contribution in [0.25, 0.3) is 11.3 Å². The molecular formula is C17H19NO3. The summed E-state index contributed by atoms with van der Waals surface area (Å²) in [6.07, 6.45) is 0.514. The molecule has 2 aromatic rings. The lowest BCUT2D eigenvalue weighted by Gasteiger charge is -2.18. The van der Waals surface area contributed by atoms with Crippen LogP contribution in [0.2, 0.25) is 0 Å². The second kappa shape index (κ2) is 5.28. The molecular weight excluding hydrogens is 266 g/mol. The van der Waals surface area contributed by atoms with Crippen molar-refractivity contribution in [2.24, 2.45) is 0 Å². The molecule has 0 saturated carbocycles. The number of aromatic amines is 1. The first-order valence-electron chi connectivity index (χ1n) is 7.24. The summed E-state index contributed by atoms with van der Waals surface area (Å²) >= 11 is 0. The van der Waals surface area contributed by atoms with Gasteiger partial charge in [0.15, 0.2) is 17.3 Å². The highest BCUT2D eigenvalue weighted by molar-refractivity contribution is 6.00. The summed E-state index contributed by atoms with van der Waals surface area (Å²) in [7, 11) is 0. The molecule has 1 N–H and O–H groups in total. The number of rotatable bonds is 3. The summed E-state index contributed by atoms with van der Waals surface area (Å²) in [6.45, 7) is 6.97. The van der Waals surface area contributed by atoms with E-state index < -0.39 is 0 Å². The van der Waals surface area contributed by atoms with Crippen LogP contribution in [-0.2, 0) is 0 Å². The molecule has 1 aromatic carbocycles. The van der Waals surface area contributed by atoms with Crippen molar-refractivity contribution in [3.8, 4) is 22.8 Å². The minimum absolute atomic E-state index is 0.171. The van der Waals surface area contributed by atoms with Crippen molar-refractivity contribution in [3.05, 3.63) is 35.0 Å². The topological polar surface area (TPSA) is 51.3 Å². The maximum Gasteiger partial charge on any atom is 0.164 e. The zero-order chi connectivity index (χ0) is 15.0. The van der Waals surface area contributed by atoms with Gasteiger partial charge in [0.25, 0.3) is 0 Å². The number of fused-ring (bicyclic) bond motifs is 1. The number of ether oxygens (including phenoxy) is 2. The van der Waals surface area contributed by atoms with Gasteiger partial charge in [-0.25, -0.2) is 0 Å². The van der Waals surface area contributed by atoms with Crippen LogP contribution in [0.15, 0.2) is 18.2 Å². The second-order valence-corrected chi connectivity index (χ2v) is 5.26. The van der Waals surface area contributed by atoms with E-state index in [0.29, 0.717) is 19.6 Å². The van der Waals surface area contributed by atoms with E-state index in [1.165, 1.54) is 0 Å². The Morgan fingerprint density at radius 2 is 1.90 bits per heavy atom. The van der Waals surface area contributed by atoms with Crippen molar-refractivity contribution in [2.75, 3.05) is 13.2 Å². The molecule has 1 aliphatic rings. The highest BCUT2D eigenvalue weighted by Crippen LogP contribution is 2.36. The average Bonchev–Trinajstić information content (AvgIpc) is 2.81. The first-order valence-corrected chi connectivity index (χ1v) is 7.24. The summed E-state index contributed by atoms with van der Waals surface area (Å²) in [5.41, 5.74) is 4.71. The van der Waals surface area contributed by atoms with Gasteiger partial charge in [-0.3, -0.25) is 4.79 Å². The van der Waals surface area contributed by atoms with Crippen molar-refractivity contribution >= 4 is 5.78 Å². The molecule has 3 rings (SSSR count). The average molecular weight is 285 g/mol. The second-order valence-electron chi connectivity index (χ2n) is 5.26. The van der Waals surface area contributed by atoms with Gasteiger partial charge in [0.2, 0.25) is 0 Å². The highest BCUT2D eigenvalue weighted by atomic mass is 16.6. The summed E-state index contributed by atoms with van der Waals surface area (Å²) in [4.78, 5) is 15.4. The maximum absolute atomic E-state index is 12.1. The number of carbonyl (C=O) groups is 1. The summed E-state index contributed by atoms with van der Waals surface area (Å²) < 4.78 is 11.2. The van der Waals surface area contributed by atoms with Crippen LogP contribution >= 0.6 is 0 Å². The number of nitrogens with one attached hydrogen (secondary N) is 1. The smallest absolute Gasteiger partial charge is 0.164 e. The van der Waals surface area contributed by atoms with Crippen LogP contribution in [0, 0.1) is 13.8 Å². The third kappa shape index (κ3) is 2.31. The Kier molecular flexibility index (Phi) is 3.45. The third-order valence-corrected chi connectivity index (χ3v) is 3.87. The molecule has 21 heavy (non-hydrogen) atoms. The molecule has 0 radical (unpaired) electrons. The van der Waals surface area contributed by atoms with Crippen molar-refractivity contribution in [1.29, 1.82) is 0 Å². The van der Waals surface area contributed by atoms with Crippen LogP contribution in [0.5, 0.6) is 11.5 Å². The van der Waals surface area contributed by atoms with E-state index in [4.69, 9.17) is 9.47 Å². The number of Topliss-reactive ketones (excluding diaryl/α,β-unsaturated/α-hetero) is 1. The molecule has 0 saturated heterocycles. The van der Waals surface area contributed by atoms with Crippen LogP contribution < -0.4 is 9.47 Å². The quantitative estimate of drug-likeness (QED) is 0.875. The molecule has 0 amide bonds. The van der Waals surface area contributed by atoms with Gasteiger partial charge in [-0.1, -0.05) is 6.92 Å². The fourth-order valence-electron chi connectivity index (χ4n) is 2.83. The van der Waals surface area contributed by atoms with Crippen molar-refractivity contribution in [2.45, 2.75) is 27.2 Å². The van der Waals surface area contributed by atoms with Crippen molar-refractivity contribution in [1.82, 2.24) is 4.98 Å². The molecule has 1 aromatic heterocycles. The summed E-state index contributed by atoms with van der Waals surface area (Å²) in [6, 6.07) is 5.87. The Morgan fingerprint density at radius 3 is 2.62 bits per heavy atom. The van der Waals surface area contributed by atoms with Gasteiger partial charge in [0.1, 0.15) is 13.2 Å². The predicted octanol–water partition coefficient (Wildman–Crippen LogP) is 3.66. The van der Waals surface area contributed by atoms with E-state index in [1.807, 2.05) is 39.0 Å². The number of aromatic nitrogens is 1. The van der Waals surface area contributed by atoms with Gasteiger partial charge < -0.3 is 14.5 Å². The molecule has 0 spiro atoms. The Bertz CT molecular complexity index is 700. The number of carbonyl (C=O) groups excluding carboxylic acids is 1. The number of benzene rings is 1. The standard InChI is InChI=1S/C17H19NO3/c1-4-13(19)16-10(2)17(18-11(16)3)12-5-6-14-15(9-12)21-8-7-20-14/h5-6,9,18H,4,7-8H2,1-3H3. The van der Waals surface area contributed by atoms with Gasteiger partial charge in [0.05, 0.1) is 0 Å². The number of H-pyrrole nitrogens is 1. The van der Waals surface area contributed by atoms with E-state index in [1.54, 1.807) is 0 Å². The van der Waals surface area contributed by atoms with E-state index >= 15 is 0 Å². The lowest BCUT2D eigenvalue weighted by Crippen LogP contribution is -2.15. The number of hydrogen-bond donors (Lipinski definition) is 1. The SMILES string of the molecule is CCC(=O)c1c(C)[nH]c(-c2ccc3c(c2)OCCO3)c1C. The highest BCUT2D eigenvalue weighted by Gasteiger charge is 2.19. The molecule has 4 heteroatoms. The first-order chi connectivity index (χ1) is 10.1. The van der Waals surface area contributed by atoms with Crippen LogP contribution in [0.1, 0.15) is 35.0 Å². The minimum Gasteiger partial charge on any atom is -0.486 e. The predicted molar refractivity (Wildman–Crippen MR) is 81.3 cm³/mol. The Balaban J connectivity index is 2.07. The minimum atomic E-state index is 0.171. The van der Waals surface area contributed by atoms with Crippen molar-refractivity contribution < 1.29 is 14.3 Å². The molecule has 110 valence electrons. The number of hydrogen-bond acceptors (Lipinski definition) is 3. The molecule has 2 heterocycles. The fourth-order valence-corrected chi connectivity index (χ4v) is 2.83.